The van der Waals surface area contributed by atoms with Crippen LogP contribution >= 0.6 is 0 Å². The van der Waals surface area contributed by atoms with Gasteiger partial charge in [0.1, 0.15) is 30.5 Å². The molecule has 0 spiro atoms. The third kappa shape index (κ3) is 4.43. The van der Waals surface area contributed by atoms with E-state index in [0.717, 1.165) is 22.3 Å². The van der Waals surface area contributed by atoms with Gasteiger partial charge in [0.05, 0.1) is 11.0 Å². The van der Waals surface area contributed by atoms with E-state index < -0.39 is 0 Å². The minimum Gasteiger partial charge on any atom is -0.486 e. The molecule has 6 heteroatoms. The first-order chi connectivity index (χ1) is 14.1. The molecule has 4 rings (SSSR count). The van der Waals surface area contributed by atoms with Crippen LogP contribution in [-0.4, -0.2) is 15.5 Å². The van der Waals surface area contributed by atoms with Crippen LogP contribution in [0.4, 0.5) is 10.1 Å². The second kappa shape index (κ2) is 8.14. The fourth-order valence-electron chi connectivity index (χ4n) is 3.14. The molecular weight excluding hydrogens is 369 g/mol. The molecule has 0 radical (unpaired) electrons. The van der Waals surface area contributed by atoms with E-state index in [4.69, 9.17) is 4.74 Å². The van der Waals surface area contributed by atoms with Crippen molar-refractivity contribution in [1.29, 1.82) is 0 Å². The molecule has 0 atom stereocenters. The molecule has 0 bridgehead atoms. The highest BCUT2D eigenvalue weighted by atomic mass is 19.1. The second-order valence-corrected chi connectivity index (χ2v) is 6.76. The fraction of sp³-hybridized carbons (Fsp3) is 0.130. The van der Waals surface area contributed by atoms with Gasteiger partial charge in [-0.1, -0.05) is 24.3 Å². The standard InChI is InChI=1S/C23H20FN3O2/c1-16-5-4-6-19(13-16)29-15-22-26-20-7-2-3-8-21(20)27(22)14-23(28)25-18-11-9-17(24)10-12-18/h2-13H,14-15H2,1H3,(H,25,28). The van der Waals surface area contributed by atoms with E-state index >= 15 is 0 Å². The van der Waals surface area contributed by atoms with Crippen molar-refractivity contribution in [2.24, 2.45) is 0 Å². The largest absolute Gasteiger partial charge is 0.486 e. The first-order valence-electron chi connectivity index (χ1n) is 9.27. The van der Waals surface area contributed by atoms with E-state index in [1.54, 1.807) is 0 Å². The lowest BCUT2D eigenvalue weighted by Crippen LogP contribution is -2.20. The molecule has 0 unspecified atom stereocenters. The number of nitrogens with one attached hydrogen (secondary N) is 1. The van der Waals surface area contributed by atoms with Gasteiger partial charge >= 0.3 is 0 Å². The number of anilines is 1. The van der Waals surface area contributed by atoms with Crippen molar-refractivity contribution in [3.8, 4) is 5.75 Å². The quantitative estimate of drug-likeness (QED) is 0.520. The van der Waals surface area contributed by atoms with Crippen molar-refractivity contribution >= 4 is 22.6 Å². The first-order valence-corrected chi connectivity index (χ1v) is 9.27. The molecule has 29 heavy (non-hydrogen) atoms. The van der Waals surface area contributed by atoms with Crippen molar-refractivity contribution in [2.75, 3.05) is 5.32 Å². The molecule has 0 aliphatic carbocycles. The molecule has 5 nitrogen and oxygen atoms in total. The minimum atomic E-state index is -0.348. The molecule has 1 aromatic heterocycles. The molecular formula is C23H20FN3O2. The van der Waals surface area contributed by atoms with Gasteiger partial charge in [0, 0.05) is 5.69 Å². The summed E-state index contributed by atoms with van der Waals surface area (Å²) in [6.07, 6.45) is 0. The summed E-state index contributed by atoms with van der Waals surface area (Å²) in [5.41, 5.74) is 3.29. The van der Waals surface area contributed by atoms with E-state index in [1.807, 2.05) is 60.0 Å². The predicted molar refractivity (Wildman–Crippen MR) is 110 cm³/mol. The number of hydrogen-bond donors (Lipinski definition) is 1. The summed E-state index contributed by atoms with van der Waals surface area (Å²) in [6, 6.07) is 21.1. The Hall–Kier alpha value is -3.67. The molecule has 0 aliphatic heterocycles. The predicted octanol–water partition coefficient (Wildman–Crippen LogP) is 4.70. The number of imidazole rings is 1. The maximum absolute atomic E-state index is 13.1. The van der Waals surface area contributed by atoms with Gasteiger partial charge in [0.2, 0.25) is 5.91 Å². The number of halogens is 1. The average molecular weight is 389 g/mol. The lowest BCUT2D eigenvalue weighted by Gasteiger charge is -2.11. The zero-order chi connectivity index (χ0) is 20.2. The lowest BCUT2D eigenvalue weighted by atomic mass is 10.2. The third-order valence-corrected chi connectivity index (χ3v) is 4.52. The topological polar surface area (TPSA) is 56.2 Å². The average Bonchev–Trinajstić information content (AvgIpc) is 3.06. The maximum atomic E-state index is 13.1. The van der Waals surface area contributed by atoms with Crippen LogP contribution in [0.2, 0.25) is 0 Å². The van der Waals surface area contributed by atoms with E-state index in [0.29, 0.717) is 11.5 Å². The molecule has 1 amide bonds. The van der Waals surface area contributed by atoms with Crippen LogP contribution in [-0.2, 0) is 17.9 Å². The Balaban J connectivity index is 1.56. The summed E-state index contributed by atoms with van der Waals surface area (Å²) in [6.45, 7) is 2.31. The van der Waals surface area contributed by atoms with Gasteiger partial charge in [-0.05, 0) is 61.0 Å². The third-order valence-electron chi connectivity index (χ3n) is 4.52. The van der Waals surface area contributed by atoms with Gasteiger partial charge < -0.3 is 14.6 Å². The van der Waals surface area contributed by atoms with Crippen molar-refractivity contribution in [3.05, 3.63) is 90.0 Å². The number of hydrogen-bond acceptors (Lipinski definition) is 3. The number of para-hydroxylation sites is 2. The van der Waals surface area contributed by atoms with Gasteiger partial charge in [-0.2, -0.15) is 0 Å². The molecule has 4 aromatic rings. The van der Waals surface area contributed by atoms with Gasteiger partial charge in [0.25, 0.3) is 0 Å². The summed E-state index contributed by atoms with van der Waals surface area (Å²) < 4.78 is 20.8. The number of carbonyl (C=O) groups excluding carboxylic acids is 1. The van der Waals surface area contributed by atoms with Crippen LogP contribution in [0.1, 0.15) is 11.4 Å². The van der Waals surface area contributed by atoms with E-state index in [9.17, 15) is 9.18 Å². The number of aryl methyl sites for hydroxylation is 1. The van der Waals surface area contributed by atoms with Crippen LogP contribution in [0.25, 0.3) is 11.0 Å². The van der Waals surface area contributed by atoms with E-state index in [2.05, 4.69) is 10.3 Å². The Kier molecular flexibility index (Phi) is 5.24. The Labute approximate surface area is 167 Å². The first kappa shape index (κ1) is 18.7. The summed E-state index contributed by atoms with van der Waals surface area (Å²) in [5, 5.41) is 2.79. The van der Waals surface area contributed by atoms with Crippen LogP contribution < -0.4 is 10.1 Å². The highest BCUT2D eigenvalue weighted by molar-refractivity contribution is 5.91. The summed E-state index contributed by atoms with van der Waals surface area (Å²) in [7, 11) is 0. The molecule has 0 aliphatic rings. The summed E-state index contributed by atoms with van der Waals surface area (Å²) in [4.78, 5) is 17.2. The number of carbonyl (C=O) groups is 1. The zero-order valence-electron chi connectivity index (χ0n) is 15.9. The highest BCUT2D eigenvalue weighted by Gasteiger charge is 2.14. The number of nitrogens with zero attached hydrogens (tertiary/aromatic N) is 2. The van der Waals surface area contributed by atoms with E-state index in [1.165, 1.54) is 24.3 Å². The smallest absolute Gasteiger partial charge is 0.244 e. The molecule has 0 fully saturated rings. The normalized spacial score (nSPS) is 10.8. The number of benzene rings is 3. The molecule has 1 heterocycles. The molecule has 3 aromatic carbocycles. The number of aromatic nitrogens is 2. The molecule has 0 saturated heterocycles. The van der Waals surface area contributed by atoms with Gasteiger partial charge in [0.15, 0.2) is 0 Å². The molecule has 0 saturated carbocycles. The summed E-state index contributed by atoms with van der Waals surface area (Å²) >= 11 is 0. The number of ether oxygens (including phenoxy) is 1. The fourth-order valence-corrected chi connectivity index (χ4v) is 3.14. The number of fused-ring (bicyclic) bond motifs is 1. The van der Waals surface area contributed by atoms with Gasteiger partial charge in [-0.25, -0.2) is 9.37 Å². The van der Waals surface area contributed by atoms with Crippen molar-refractivity contribution in [3.63, 3.8) is 0 Å². The SMILES string of the molecule is Cc1cccc(OCc2nc3ccccc3n2CC(=O)Nc2ccc(F)cc2)c1. The van der Waals surface area contributed by atoms with Crippen LogP contribution in [0, 0.1) is 12.7 Å². The Morgan fingerprint density at radius 3 is 2.66 bits per heavy atom. The minimum absolute atomic E-state index is 0.0738. The van der Waals surface area contributed by atoms with Crippen LogP contribution in [0.15, 0.2) is 72.8 Å². The monoisotopic (exact) mass is 389 g/mol. The lowest BCUT2D eigenvalue weighted by molar-refractivity contribution is -0.116. The maximum Gasteiger partial charge on any atom is 0.244 e. The van der Waals surface area contributed by atoms with Gasteiger partial charge in [-0.15, -0.1) is 0 Å². The molecule has 1 N–H and O–H groups in total. The van der Waals surface area contributed by atoms with E-state index in [-0.39, 0.29) is 24.9 Å². The van der Waals surface area contributed by atoms with Crippen molar-refractivity contribution in [1.82, 2.24) is 9.55 Å². The Morgan fingerprint density at radius 1 is 1.07 bits per heavy atom. The number of rotatable bonds is 6. The highest BCUT2D eigenvalue weighted by Crippen LogP contribution is 2.19. The molecule has 146 valence electrons. The Bertz CT molecular complexity index is 1150. The zero-order valence-corrected chi connectivity index (χ0v) is 15.9. The van der Waals surface area contributed by atoms with Gasteiger partial charge in [-0.3, -0.25) is 4.79 Å². The Morgan fingerprint density at radius 2 is 1.86 bits per heavy atom. The number of amides is 1. The van der Waals surface area contributed by atoms with Crippen LogP contribution in [0.5, 0.6) is 5.75 Å². The van der Waals surface area contributed by atoms with Crippen LogP contribution in [0.3, 0.4) is 0 Å². The van der Waals surface area contributed by atoms with Crippen molar-refractivity contribution < 1.29 is 13.9 Å². The summed E-state index contributed by atoms with van der Waals surface area (Å²) in [5.74, 6) is 0.831. The second-order valence-electron chi connectivity index (χ2n) is 6.76. The van der Waals surface area contributed by atoms with Crippen molar-refractivity contribution in [2.45, 2.75) is 20.1 Å².